The van der Waals surface area contributed by atoms with E-state index in [1.165, 1.54) is 6.20 Å². The lowest BCUT2D eigenvalue weighted by Gasteiger charge is -2.35. The van der Waals surface area contributed by atoms with Gasteiger partial charge in [-0.05, 0) is 37.3 Å². The first-order valence-electron chi connectivity index (χ1n) is 8.08. The van der Waals surface area contributed by atoms with Crippen molar-refractivity contribution in [3.8, 4) is 0 Å². The van der Waals surface area contributed by atoms with E-state index in [9.17, 15) is 26.3 Å². The van der Waals surface area contributed by atoms with Gasteiger partial charge < -0.3 is 9.88 Å². The number of halogens is 6. The first kappa shape index (κ1) is 17.2. The molecular weight excluding hydrogens is 362 g/mol. The van der Waals surface area contributed by atoms with Crippen LogP contribution >= 0.6 is 0 Å². The quantitative estimate of drug-likeness (QED) is 0.781. The molecule has 0 amide bonds. The molecule has 3 heterocycles. The van der Waals surface area contributed by atoms with Crippen molar-refractivity contribution >= 4 is 5.82 Å². The van der Waals surface area contributed by atoms with Crippen LogP contribution in [0.2, 0.25) is 0 Å². The highest BCUT2D eigenvalue weighted by Gasteiger charge is 2.49. The van der Waals surface area contributed by atoms with Gasteiger partial charge >= 0.3 is 12.4 Å². The Kier molecular flexibility index (Phi) is 3.71. The zero-order valence-electron chi connectivity index (χ0n) is 13.3. The maximum atomic E-state index is 13.1. The van der Waals surface area contributed by atoms with E-state index in [0.717, 1.165) is 6.42 Å². The Morgan fingerprint density at radius 1 is 1.04 bits per heavy atom. The van der Waals surface area contributed by atoms with Crippen molar-refractivity contribution in [2.24, 2.45) is 5.92 Å². The molecule has 4 rings (SSSR count). The van der Waals surface area contributed by atoms with Gasteiger partial charge in [-0.1, -0.05) is 0 Å². The second-order valence-electron chi connectivity index (χ2n) is 6.65. The topological polar surface area (TPSA) is 44.8 Å². The number of nitrogens with one attached hydrogen (secondary N) is 1. The second-order valence-corrected chi connectivity index (χ2v) is 6.65. The van der Waals surface area contributed by atoms with Crippen LogP contribution in [0.5, 0.6) is 0 Å². The van der Waals surface area contributed by atoms with Crippen molar-refractivity contribution in [3.05, 3.63) is 41.6 Å². The van der Waals surface area contributed by atoms with Gasteiger partial charge in [0.25, 0.3) is 0 Å². The third-order valence-corrected chi connectivity index (χ3v) is 5.08. The van der Waals surface area contributed by atoms with Crippen molar-refractivity contribution in [3.63, 3.8) is 0 Å². The third kappa shape index (κ3) is 2.80. The van der Waals surface area contributed by atoms with Gasteiger partial charge in [-0.3, -0.25) is 0 Å². The van der Waals surface area contributed by atoms with Crippen molar-refractivity contribution in [2.75, 3.05) is 4.90 Å². The Hall–Kier alpha value is -2.26. The molecule has 2 aromatic rings. The minimum Gasteiger partial charge on any atom is -0.347 e. The molecule has 4 nitrogen and oxygen atoms in total. The van der Waals surface area contributed by atoms with Gasteiger partial charge in [0.1, 0.15) is 17.3 Å². The molecule has 1 saturated carbocycles. The minimum absolute atomic E-state index is 0.0553. The molecule has 2 bridgehead atoms. The highest BCUT2D eigenvalue weighted by atomic mass is 19.4. The van der Waals surface area contributed by atoms with Crippen molar-refractivity contribution in [2.45, 2.75) is 43.7 Å². The molecule has 1 aliphatic heterocycles. The lowest BCUT2D eigenvalue weighted by atomic mass is 9.98. The van der Waals surface area contributed by atoms with E-state index in [-0.39, 0.29) is 23.8 Å². The average Bonchev–Trinajstić information content (AvgIpc) is 3.28. The van der Waals surface area contributed by atoms with E-state index in [4.69, 9.17) is 0 Å². The fourth-order valence-corrected chi connectivity index (χ4v) is 4.07. The Balaban J connectivity index is 1.83. The molecule has 0 spiro atoms. The average molecular weight is 376 g/mol. The van der Waals surface area contributed by atoms with Crippen LogP contribution in [0.15, 0.2) is 24.5 Å². The van der Waals surface area contributed by atoms with Gasteiger partial charge in [-0.25, -0.2) is 9.97 Å². The van der Waals surface area contributed by atoms with E-state index in [1.54, 1.807) is 11.1 Å². The molecule has 1 saturated heterocycles. The summed E-state index contributed by atoms with van der Waals surface area (Å²) in [5.74, 6) is 0.350. The highest BCUT2D eigenvalue weighted by Crippen LogP contribution is 2.51. The Morgan fingerprint density at radius 3 is 2.42 bits per heavy atom. The SMILES string of the molecule is FC(F)(F)c1cc(N2[C@@H]3CCC(C3)[C@H]2c2ncc[nH]2)nc(C(F)(F)F)c1. The van der Waals surface area contributed by atoms with Crippen LogP contribution in [-0.2, 0) is 12.4 Å². The number of nitrogens with zero attached hydrogens (tertiary/aromatic N) is 3. The summed E-state index contributed by atoms with van der Waals surface area (Å²) < 4.78 is 78.8. The summed E-state index contributed by atoms with van der Waals surface area (Å²) in [5, 5.41) is 0. The summed E-state index contributed by atoms with van der Waals surface area (Å²) in [7, 11) is 0. The standard InChI is InChI=1S/C16H14F6N4/c17-15(18,19)9-6-11(16(20,21)22)25-12(7-9)26-10-2-1-8(5-10)13(26)14-23-3-4-24-14/h3-4,6-8,10,13H,1-2,5H2,(H,23,24)/t8?,10-,13+/m1/s1. The molecule has 10 heteroatoms. The number of pyridine rings is 1. The van der Waals surface area contributed by atoms with Crippen molar-refractivity contribution in [1.82, 2.24) is 15.0 Å². The number of hydrogen-bond donors (Lipinski definition) is 1. The van der Waals surface area contributed by atoms with E-state index >= 15 is 0 Å². The minimum atomic E-state index is -4.96. The first-order valence-corrected chi connectivity index (χ1v) is 8.08. The second kappa shape index (κ2) is 5.62. The summed E-state index contributed by atoms with van der Waals surface area (Å²) in [6, 6.07) is 0.207. The molecule has 140 valence electrons. The third-order valence-electron chi connectivity index (χ3n) is 5.08. The van der Waals surface area contributed by atoms with Crippen LogP contribution in [0.25, 0.3) is 0 Å². The molecule has 1 unspecified atom stereocenters. The lowest BCUT2D eigenvalue weighted by Crippen LogP contribution is -2.37. The number of H-pyrrole nitrogens is 1. The van der Waals surface area contributed by atoms with Crippen LogP contribution in [-0.4, -0.2) is 21.0 Å². The number of aromatic amines is 1. The first-order chi connectivity index (χ1) is 12.1. The number of alkyl halides is 6. The molecular formula is C16H14F6N4. The summed E-state index contributed by atoms with van der Waals surface area (Å²) in [5.41, 5.74) is -2.89. The normalized spacial score (nSPS) is 25.9. The van der Waals surface area contributed by atoms with Gasteiger partial charge in [-0.2, -0.15) is 26.3 Å². The molecule has 2 aliphatic rings. The molecule has 0 radical (unpaired) electrons. The Bertz CT molecular complexity index is 766. The number of imidazole rings is 1. The predicted octanol–water partition coefficient (Wildman–Crippen LogP) is 4.57. The molecule has 2 fully saturated rings. The highest BCUT2D eigenvalue weighted by molar-refractivity contribution is 5.49. The van der Waals surface area contributed by atoms with E-state index in [0.29, 0.717) is 24.7 Å². The van der Waals surface area contributed by atoms with E-state index in [1.807, 2.05) is 0 Å². The molecule has 1 N–H and O–H groups in total. The number of aromatic nitrogens is 3. The number of anilines is 1. The summed E-state index contributed by atoms with van der Waals surface area (Å²) >= 11 is 0. The lowest BCUT2D eigenvalue weighted by molar-refractivity contribution is -0.145. The van der Waals surface area contributed by atoms with E-state index < -0.39 is 29.7 Å². The monoisotopic (exact) mass is 376 g/mol. The maximum absolute atomic E-state index is 13.1. The number of rotatable bonds is 2. The summed E-state index contributed by atoms with van der Waals surface area (Å²) in [6.07, 6.45) is -4.49. The van der Waals surface area contributed by atoms with Gasteiger partial charge in [0.15, 0.2) is 0 Å². The zero-order valence-corrected chi connectivity index (χ0v) is 13.3. The van der Waals surface area contributed by atoms with Gasteiger partial charge in [0.05, 0.1) is 11.6 Å². The Labute approximate surface area is 144 Å². The smallest absolute Gasteiger partial charge is 0.347 e. The Morgan fingerprint density at radius 2 is 1.81 bits per heavy atom. The van der Waals surface area contributed by atoms with Crippen LogP contribution in [0.1, 0.15) is 42.4 Å². The van der Waals surface area contributed by atoms with E-state index in [2.05, 4.69) is 15.0 Å². The largest absolute Gasteiger partial charge is 0.433 e. The summed E-state index contributed by atoms with van der Waals surface area (Å²) in [6.45, 7) is 0. The van der Waals surface area contributed by atoms with Gasteiger partial charge in [0.2, 0.25) is 0 Å². The molecule has 26 heavy (non-hydrogen) atoms. The van der Waals surface area contributed by atoms with Crippen LogP contribution in [0.4, 0.5) is 32.2 Å². The summed E-state index contributed by atoms with van der Waals surface area (Å²) in [4.78, 5) is 12.2. The predicted molar refractivity (Wildman–Crippen MR) is 79.2 cm³/mol. The zero-order chi connectivity index (χ0) is 18.7. The maximum Gasteiger partial charge on any atom is 0.433 e. The number of piperidine rings is 1. The molecule has 2 aromatic heterocycles. The van der Waals surface area contributed by atoms with Crippen molar-refractivity contribution in [1.29, 1.82) is 0 Å². The van der Waals surface area contributed by atoms with Gasteiger partial charge in [0, 0.05) is 18.4 Å². The molecule has 3 atom stereocenters. The molecule has 0 aromatic carbocycles. The number of fused-ring (bicyclic) bond motifs is 2. The van der Waals surface area contributed by atoms with Crippen molar-refractivity contribution < 1.29 is 26.3 Å². The van der Waals surface area contributed by atoms with Crippen LogP contribution < -0.4 is 4.90 Å². The molecule has 1 aliphatic carbocycles. The van der Waals surface area contributed by atoms with Crippen LogP contribution in [0, 0.1) is 5.92 Å². The fourth-order valence-electron chi connectivity index (χ4n) is 4.07. The number of hydrogen-bond acceptors (Lipinski definition) is 3. The van der Waals surface area contributed by atoms with Crippen LogP contribution in [0.3, 0.4) is 0 Å². The fraction of sp³-hybridized carbons (Fsp3) is 0.500. The van der Waals surface area contributed by atoms with Gasteiger partial charge in [-0.15, -0.1) is 0 Å².